The topological polar surface area (TPSA) is 65.8 Å². The van der Waals surface area contributed by atoms with Gasteiger partial charge in [0.1, 0.15) is 0 Å². The molecule has 1 aliphatic rings. The van der Waals surface area contributed by atoms with E-state index in [0.717, 1.165) is 12.1 Å². The summed E-state index contributed by atoms with van der Waals surface area (Å²) in [6, 6.07) is 5.58. The van der Waals surface area contributed by atoms with Gasteiger partial charge in [-0.15, -0.1) is 0 Å². The number of aliphatic hydroxyl groups is 2. The normalized spacial score (nSPS) is 30.8. The average molecular weight is 266 g/mol. The molecule has 0 amide bonds. The highest BCUT2D eigenvalue weighted by molar-refractivity contribution is 5.14. The first-order valence-corrected chi connectivity index (χ1v) is 6.58. The maximum absolute atomic E-state index is 10.0. The number of likely N-dealkylation sites (N-methyl/N-ethyl adjacent to an activating group) is 1. The van der Waals surface area contributed by atoms with Crippen molar-refractivity contribution in [1.29, 1.82) is 0 Å². The minimum Gasteiger partial charge on any atom is -0.477 e. The maximum atomic E-state index is 10.0. The molecule has 1 aliphatic carbocycles. The molecule has 0 spiro atoms. The van der Waals surface area contributed by atoms with Gasteiger partial charge in [-0.2, -0.15) is 0 Å². The second kappa shape index (κ2) is 5.86. The molecule has 0 bridgehead atoms. The molecular weight excluding hydrogens is 244 g/mol. The molecule has 106 valence electrons. The molecule has 5 nitrogen and oxygen atoms in total. The summed E-state index contributed by atoms with van der Waals surface area (Å²) in [5.74, 6) is 0.500. The molecule has 1 aromatic heterocycles. The number of hydrogen-bond acceptors (Lipinski definition) is 5. The first kappa shape index (κ1) is 14.2. The number of pyridine rings is 1. The Morgan fingerprint density at radius 3 is 2.63 bits per heavy atom. The Hall–Kier alpha value is -1.17. The lowest BCUT2D eigenvalue weighted by atomic mass is 10.1. The minimum atomic E-state index is -0.739. The lowest BCUT2D eigenvalue weighted by molar-refractivity contribution is -0.00960. The van der Waals surface area contributed by atoms with E-state index in [4.69, 9.17) is 4.74 Å². The van der Waals surface area contributed by atoms with Crippen molar-refractivity contribution in [1.82, 2.24) is 9.88 Å². The van der Waals surface area contributed by atoms with Gasteiger partial charge in [0.25, 0.3) is 0 Å². The molecule has 0 saturated heterocycles. The van der Waals surface area contributed by atoms with Crippen LogP contribution in [0.15, 0.2) is 18.2 Å². The number of nitrogens with zero attached hydrogens (tertiary/aromatic N) is 2. The van der Waals surface area contributed by atoms with Crippen LogP contribution >= 0.6 is 0 Å². The van der Waals surface area contributed by atoms with Crippen molar-refractivity contribution in [3.63, 3.8) is 0 Å². The standard InChI is InChI=1S/C14H22N2O3/c1-9-5-4-6-12(15-9)19-8-10-7-11(16(2)3)14(18)13(10)17/h4-6,10-11,13-14,17-18H,7-8H2,1-3H3/t10-,11-,13-,14+/m1/s1. The monoisotopic (exact) mass is 266 g/mol. The molecule has 1 fully saturated rings. The van der Waals surface area contributed by atoms with Crippen LogP contribution in [0.25, 0.3) is 0 Å². The molecule has 2 N–H and O–H groups in total. The quantitative estimate of drug-likeness (QED) is 0.828. The van der Waals surface area contributed by atoms with Crippen LogP contribution < -0.4 is 4.74 Å². The summed E-state index contributed by atoms with van der Waals surface area (Å²) in [6.45, 7) is 2.28. The number of rotatable bonds is 4. The Morgan fingerprint density at radius 1 is 1.32 bits per heavy atom. The van der Waals surface area contributed by atoms with E-state index in [9.17, 15) is 10.2 Å². The first-order valence-electron chi connectivity index (χ1n) is 6.58. The Morgan fingerprint density at radius 2 is 2.05 bits per heavy atom. The molecule has 2 rings (SSSR count). The minimum absolute atomic E-state index is 0.0194. The first-order chi connectivity index (χ1) is 8.99. The molecule has 0 unspecified atom stereocenters. The zero-order valence-electron chi connectivity index (χ0n) is 11.7. The number of aryl methyl sites for hydroxylation is 1. The summed E-state index contributed by atoms with van der Waals surface area (Å²) in [5.41, 5.74) is 0.899. The highest BCUT2D eigenvalue weighted by atomic mass is 16.5. The van der Waals surface area contributed by atoms with Crippen molar-refractivity contribution in [2.75, 3.05) is 20.7 Å². The third kappa shape index (κ3) is 3.23. The highest BCUT2D eigenvalue weighted by Gasteiger charge is 2.42. The van der Waals surface area contributed by atoms with Gasteiger partial charge in [0.05, 0.1) is 18.8 Å². The molecular formula is C14H22N2O3. The summed E-state index contributed by atoms with van der Waals surface area (Å²) in [4.78, 5) is 6.20. The summed E-state index contributed by atoms with van der Waals surface area (Å²) in [7, 11) is 3.82. The van der Waals surface area contributed by atoms with Crippen LogP contribution in [0.5, 0.6) is 5.88 Å². The van der Waals surface area contributed by atoms with Gasteiger partial charge in [0, 0.05) is 23.7 Å². The molecule has 1 heterocycles. The van der Waals surface area contributed by atoms with Crippen LogP contribution in [0.2, 0.25) is 0 Å². The molecule has 1 saturated carbocycles. The van der Waals surface area contributed by atoms with E-state index in [-0.39, 0.29) is 12.0 Å². The number of hydrogen-bond donors (Lipinski definition) is 2. The summed E-state index contributed by atoms with van der Waals surface area (Å²) < 4.78 is 5.62. The summed E-state index contributed by atoms with van der Waals surface area (Å²) >= 11 is 0. The van der Waals surface area contributed by atoms with E-state index in [1.165, 1.54) is 0 Å². The van der Waals surface area contributed by atoms with Gasteiger partial charge < -0.3 is 19.8 Å². The van der Waals surface area contributed by atoms with Crippen LogP contribution in [-0.4, -0.2) is 59.0 Å². The SMILES string of the molecule is Cc1cccc(OC[C@H]2C[C@@H](N(C)C)[C@H](O)[C@@H]2O)n1. The lowest BCUT2D eigenvalue weighted by Crippen LogP contribution is -2.39. The van der Waals surface area contributed by atoms with Crippen LogP contribution in [0, 0.1) is 12.8 Å². The zero-order valence-corrected chi connectivity index (χ0v) is 11.7. The fourth-order valence-corrected chi connectivity index (χ4v) is 2.57. The Labute approximate surface area is 113 Å². The van der Waals surface area contributed by atoms with Gasteiger partial charge in [-0.1, -0.05) is 6.07 Å². The van der Waals surface area contributed by atoms with Crippen LogP contribution in [0.4, 0.5) is 0 Å². The van der Waals surface area contributed by atoms with Crippen molar-refractivity contribution in [2.24, 2.45) is 5.92 Å². The molecule has 1 aromatic rings. The average Bonchev–Trinajstić information content (AvgIpc) is 2.64. The molecule has 0 aromatic carbocycles. The van der Waals surface area contributed by atoms with Crippen molar-refractivity contribution in [3.05, 3.63) is 23.9 Å². The van der Waals surface area contributed by atoms with Gasteiger partial charge in [0.2, 0.25) is 5.88 Å². The molecule has 4 atom stereocenters. The van der Waals surface area contributed by atoms with E-state index >= 15 is 0 Å². The van der Waals surface area contributed by atoms with E-state index in [1.54, 1.807) is 6.07 Å². The van der Waals surface area contributed by atoms with Gasteiger partial charge in [-0.05, 0) is 33.5 Å². The van der Waals surface area contributed by atoms with Crippen molar-refractivity contribution >= 4 is 0 Å². The van der Waals surface area contributed by atoms with Crippen LogP contribution in [-0.2, 0) is 0 Å². The smallest absolute Gasteiger partial charge is 0.213 e. The Balaban J connectivity index is 1.93. The predicted molar refractivity (Wildman–Crippen MR) is 72.1 cm³/mol. The fourth-order valence-electron chi connectivity index (χ4n) is 2.57. The lowest BCUT2D eigenvalue weighted by Gasteiger charge is -2.22. The Bertz CT molecular complexity index is 425. The largest absolute Gasteiger partial charge is 0.477 e. The molecule has 0 radical (unpaired) electrons. The van der Waals surface area contributed by atoms with Gasteiger partial charge >= 0.3 is 0 Å². The summed E-state index contributed by atoms with van der Waals surface area (Å²) in [5, 5.41) is 20.0. The van der Waals surface area contributed by atoms with E-state index in [1.807, 2.05) is 38.1 Å². The van der Waals surface area contributed by atoms with E-state index in [0.29, 0.717) is 12.5 Å². The second-order valence-electron chi connectivity index (χ2n) is 5.44. The van der Waals surface area contributed by atoms with Gasteiger partial charge in [0.15, 0.2) is 0 Å². The van der Waals surface area contributed by atoms with E-state index in [2.05, 4.69) is 4.98 Å². The Kier molecular flexibility index (Phi) is 4.39. The number of aromatic nitrogens is 1. The summed E-state index contributed by atoms with van der Waals surface area (Å²) in [6.07, 6.45) is -0.729. The van der Waals surface area contributed by atoms with Crippen molar-refractivity contribution in [3.8, 4) is 5.88 Å². The van der Waals surface area contributed by atoms with Crippen molar-refractivity contribution in [2.45, 2.75) is 31.6 Å². The second-order valence-corrected chi connectivity index (χ2v) is 5.44. The maximum Gasteiger partial charge on any atom is 0.213 e. The predicted octanol–water partition coefficient (Wildman–Crippen LogP) is 0.441. The van der Waals surface area contributed by atoms with Crippen LogP contribution in [0.3, 0.4) is 0 Å². The highest BCUT2D eigenvalue weighted by Crippen LogP contribution is 2.29. The number of ether oxygens (including phenoxy) is 1. The van der Waals surface area contributed by atoms with Gasteiger partial charge in [-0.3, -0.25) is 0 Å². The van der Waals surface area contributed by atoms with E-state index < -0.39 is 12.2 Å². The van der Waals surface area contributed by atoms with Gasteiger partial charge in [-0.25, -0.2) is 4.98 Å². The third-order valence-electron chi connectivity index (χ3n) is 3.74. The molecule has 5 heteroatoms. The number of aliphatic hydroxyl groups excluding tert-OH is 2. The third-order valence-corrected chi connectivity index (χ3v) is 3.74. The zero-order chi connectivity index (χ0) is 14.0. The van der Waals surface area contributed by atoms with Crippen LogP contribution in [0.1, 0.15) is 12.1 Å². The molecule has 19 heavy (non-hydrogen) atoms. The fraction of sp³-hybridized carbons (Fsp3) is 0.643. The van der Waals surface area contributed by atoms with Crippen molar-refractivity contribution < 1.29 is 14.9 Å². The molecule has 0 aliphatic heterocycles.